The summed E-state index contributed by atoms with van der Waals surface area (Å²) in [4.78, 5) is 14.3. The van der Waals surface area contributed by atoms with Gasteiger partial charge in [-0.3, -0.25) is 4.90 Å². The number of tetrazole rings is 1. The summed E-state index contributed by atoms with van der Waals surface area (Å²) in [6.07, 6.45) is 0. The van der Waals surface area contributed by atoms with Gasteiger partial charge in [-0.05, 0) is 47.3 Å². The lowest BCUT2D eigenvalue weighted by Crippen LogP contribution is -2.31. The van der Waals surface area contributed by atoms with Crippen molar-refractivity contribution in [2.24, 2.45) is 0 Å². The summed E-state index contributed by atoms with van der Waals surface area (Å²) in [5.41, 5.74) is 1.04. The van der Waals surface area contributed by atoms with Crippen LogP contribution in [0.2, 0.25) is 5.02 Å². The van der Waals surface area contributed by atoms with Crippen molar-refractivity contribution in [1.29, 1.82) is 0 Å². The molecule has 0 bridgehead atoms. The van der Waals surface area contributed by atoms with E-state index in [-0.39, 0.29) is 18.2 Å². The number of para-hydroxylation sites is 1. The van der Waals surface area contributed by atoms with Gasteiger partial charge in [-0.15, -0.1) is 0 Å². The second kappa shape index (κ2) is 6.94. The number of hydrogen-bond donors (Lipinski definition) is 0. The largest absolute Gasteiger partial charge is 0.369 e. The minimum atomic E-state index is -0.381. The summed E-state index contributed by atoms with van der Waals surface area (Å²) in [5.74, 6) is -0.277. The Morgan fingerprint density at radius 2 is 1.83 bits per heavy atom. The first kappa shape index (κ1) is 16.4. The molecule has 0 atom stereocenters. The van der Waals surface area contributed by atoms with Gasteiger partial charge in [-0.25, -0.2) is 9.18 Å². The first-order chi connectivity index (χ1) is 11.5. The number of rotatable bonds is 5. The zero-order chi connectivity index (χ0) is 17.1. The van der Waals surface area contributed by atoms with Crippen molar-refractivity contribution < 1.29 is 4.39 Å². The Hall–Kier alpha value is -2.51. The molecule has 24 heavy (non-hydrogen) atoms. The molecule has 0 saturated heterocycles. The van der Waals surface area contributed by atoms with Crippen molar-refractivity contribution in [3.8, 4) is 5.69 Å². The van der Waals surface area contributed by atoms with E-state index in [2.05, 4.69) is 10.4 Å². The van der Waals surface area contributed by atoms with Crippen LogP contribution in [-0.4, -0.2) is 31.7 Å². The van der Waals surface area contributed by atoms with Crippen molar-refractivity contribution >= 4 is 11.6 Å². The monoisotopic (exact) mass is 347 g/mol. The second-order valence-electron chi connectivity index (χ2n) is 5.41. The van der Waals surface area contributed by atoms with E-state index < -0.39 is 0 Å². The lowest BCUT2D eigenvalue weighted by molar-refractivity contribution is 0.239. The summed E-state index contributed by atoms with van der Waals surface area (Å²) < 4.78 is 15.3. The Morgan fingerprint density at radius 3 is 2.54 bits per heavy atom. The molecule has 2 aromatic carbocycles. The minimum Gasteiger partial charge on any atom is -0.283 e. The van der Waals surface area contributed by atoms with Gasteiger partial charge in [-0.2, -0.15) is 9.36 Å². The number of nitrogens with zero attached hydrogens (tertiary/aromatic N) is 5. The van der Waals surface area contributed by atoms with Crippen molar-refractivity contribution in [3.05, 3.63) is 75.4 Å². The van der Waals surface area contributed by atoms with Crippen molar-refractivity contribution in [2.45, 2.75) is 13.2 Å². The Bertz CT molecular complexity index is 890. The quantitative estimate of drug-likeness (QED) is 0.710. The normalized spacial score (nSPS) is 11.2. The smallest absolute Gasteiger partial charge is 0.283 e. The van der Waals surface area contributed by atoms with E-state index in [1.807, 2.05) is 11.9 Å². The first-order valence-corrected chi connectivity index (χ1v) is 7.63. The van der Waals surface area contributed by atoms with E-state index in [0.29, 0.717) is 17.3 Å². The Labute approximate surface area is 142 Å². The number of benzene rings is 2. The van der Waals surface area contributed by atoms with Crippen LogP contribution in [0, 0.1) is 5.82 Å². The zero-order valence-corrected chi connectivity index (χ0v) is 13.7. The van der Waals surface area contributed by atoms with Crippen molar-refractivity contribution in [2.75, 3.05) is 7.05 Å². The highest BCUT2D eigenvalue weighted by molar-refractivity contribution is 6.32. The zero-order valence-electron chi connectivity index (χ0n) is 12.9. The number of aromatic nitrogens is 4. The second-order valence-corrected chi connectivity index (χ2v) is 5.81. The molecule has 0 radical (unpaired) electrons. The number of hydrogen-bond acceptors (Lipinski definition) is 4. The molecule has 0 spiro atoms. The van der Waals surface area contributed by atoms with Gasteiger partial charge in [0.2, 0.25) is 0 Å². The van der Waals surface area contributed by atoms with Crippen LogP contribution in [0.1, 0.15) is 5.56 Å². The fourth-order valence-electron chi connectivity index (χ4n) is 2.32. The van der Waals surface area contributed by atoms with Gasteiger partial charge < -0.3 is 0 Å². The van der Waals surface area contributed by atoms with Crippen LogP contribution in [0.3, 0.4) is 0 Å². The van der Waals surface area contributed by atoms with Crippen LogP contribution in [0.25, 0.3) is 5.69 Å². The molecule has 0 aliphatic heterocycles. The summed E-state index contributed by atoms with van der Waals surface area (Å²) in [7, 11) is 1.84. The SMILES string of the molecule is CN(Cc1ccc(F)cc1)Cn1nnn(-c2ccccc2Cl)c1=O. The van der Waals surface area contributed by atoms with Crippen LogP contribution in [0.5, 0.6) is 0 Å². The van der Waals surface area contributed by atoms with Gasteiger partial charge in [-0.1, -0.05) is 35.9 Å². The van der Waals surface area contributed by atoms with Crippen molar-refractivity contribution in [3.63, 3.8) is 0 Å². The molecular weight excluding hydrogens is 333 g/mol. The molecule has 0 unspecified atom stereocenters. The van der Waals surface area contributed by atoms with Crippen LogP contribution in [0.4, 0.5) is 4.39 Å². The molecule has 0 fully saturated rings. The van der Waals surface area contributed by atoms with Gasteiger partial charge in [0.25, 0.3) is 0 Å². The lowest BCUT2D eigenvalue weighted by atomic mass is 10.2. The van der Waals surface area contributed by atoms with E-state index in [9.17, 15) is 9.18 Å². The minimum absolute atomic E-state index is 0.251. The summed E-state index contributed by atoms with van der Waals surface area (Å²) >= 11 is 6.09. The van der Waals surface area contributed by atoms with Gasteiger partial charge in [0.05, 0.1) is 10.7 Å². The third-order valence-corrected chi connectivity index (χ3v) is 3.78. The third kappa shape index (κ3) is 3.52. The summed E-state index contributed by atoms with van der Waals surface area (Å²) in [6.45, 7) is 0.798. The molecule has 0 N–H and O–H groups in total. The van der Waals surface area contributed by atoms with E-state index in [4.69, 9.17) is 11.6 Å². The van der Waals surface area contributed by atoms with Crippen molar-refractivity contribution in [1.82, 2.24) is 24.7 Å². The number of halogens is 2. The fraction of sp³-hybridized carbons (Fsp3) is 0.188. The van der Waals surface area contributed by atoms with Crippen LogP contribution >= 0.6 is 11.6 Å². The maximum absolute atomic E-state index is 12.9. The fourth-order valence-corrected chi connectivity index (χ4v) is 2.53. The van der Waals surface area contributed by atoms with E-state index in [0.717, 1.165) is 10.2 Å². The van der Waals surface area contributed by atoms with E-state index >= 15 is 0 Å². The molecular formula is C16H15ClFN5O. The standard InChI is InChI=1S/C16H15ClFN5O/c1-21(10-12-6-8-13(18)9-7-12)11-22-16(24)23(20-19-22)15-5-3-2-4-14(15)17/h2-9H,10-11H2,1H3. The van der Waals surface area contributed by atoms with Crippen LogP contribution in [-0.2, 0) is 13.2 Å². The molecule has 0 saturated carbocycles. The van der Waals surface area contributed by atoms with Gasteiger partial charge in [0.1, 0.15) is 12.5 Å². The third-order valence-electron chi connectivity index (χ3n) is 3.46. The predicted octanol–water partition coefficient (Wildman–Crippen LogP) is 2.31. The first-order valence-electron chi connectivity index (χ1n) is 7.25. The average Bonchev–Trinajstić information content (AvgIpc) is 2.91. The van der Waals surface area contributed by atoms with E-state index in [1.165, 1.54) is 16.8 Å². The topological polar surface area (TPSA) is 56.0 Å². The molecule has 0 aliphatic carbocycles. The van der Waals surface area contributed by atoms with E-state index in [1.54, 1.807) is 36.4 Å². The highest BCUT2D eigenvalue weighted by atomic mass is 35.5. The predicted molar refractivity (Wildman–Crippen MR) is 88.5 cm³/mol. The van der Waals surface area contributed by atoms with Gasteiger partial charge >= 0.3 is 5.69 Å². The highest BCUT2D eigenvalue weighted by Gasteiger charge is 2.12. The molecule has 1 aromatic heterocycles. The van der Waals surface area contributed by atoms with Crippen LogP contribution < -0.4 is 5.69 Å². The maximum atomic E-state index is 12.9. The van der Waals surface area contributed by atoms with Gasteiger partial charge in [0.15, 0.2) is 0 Å². The summed E-state index contributed by atoms with van der Waals surface area (Å²) in [5, 5.41) is 8.18. The molecule has 1 heterocycles. The molecule has 124 valence electrons. The highest BCUT2D eigenvalue weighted by Crippen LogP contribution is 2.16. The average molecular weight is 348 g/mol. The molecule has 6 nitrogen and oxygen atoms in total. The molecule has 0 amide bonds. The molecule has 3 rings (SSSR count). The Kier molecular flexibility index (Phi) is 4.73. The molecule has 0 aliphatic rings. The molecule has 8 heteroatoms. The Morgan fingerprint density at radius 1 is 1.12 bits per heavy atom. The van der Waals surface area contributed by atoms with Gasteiger partial charge in [0, 0.05) is 6.54 Å². The molecule has 3 aromatic rings. The summed E-state index contributed by atoms with van der Waals surface area (Å²) in [6, 6.07) is 13.1. The maximum Gasteiger partial charge on any atom is 0.369 e. The Balaban J connectivity index is 1.75. The van der Waals surface area contributed by atoms with Crippen LogP contribution in [0.15, 0.2) is 53.3 Å². The lowest BCUT2D eigenvalue weighted by Gasteiger charge is -2.15.